The van der Waals surface area contributed by atoms with Crippen LogP contribution in [0.15, 0.2) is 72.8 Å². The number of amides is 1. The third-order valence-corrected chi connectivity index (χ3v) is 4.52. The van der Waals surface area contributed by atoms with Crippen LogP contribution in [0.1, 0.15) is 10.6 Å². The van der Waals surface area contributed by atoms with Crippen LogP contribution in [0.3, 0.4) is 0 Å². The number of halogens is 2. The van der Waals surface area contributed by atoms with Gasteiger partial charge in [-0.15, -0.1) is 0 Å². The first kappa shape index (κ1) is 18.2. The quantitative estimate of drug-likeness (QED) is 0.438. The molecule has 1 heterocycles. The maximum Gasteiger partial charge on any atom is 0.293 e. The number of carbonyl (C=O) groups is 1. The second-order valence-electron chi connectivity index (χ2n) is 6.01. The van der Waals surface area contributed by atoms with E-state index < -0.39 is 5.91 Å². The summed E-state index contributed by atoms with van der Waals surface area (Å²) in [6.45, 7) is 0. The molecule has 0 aliphatic carbocycles. The van der Waals surface area contributed by atoms with Gasteiger partial charge in [0.25, 0.3) is 5.91 Å². The Kier molecular flexibility index (Phi) is 5.10. The molecule has 0 spiro atoms. The molecule has 0 fully saturated rings. The second-order valence-corrected chi connectivity index (χ2v) is 6.88. The highest BCUT2D eigenvalue weighted by atomic mass is 35.5. The average Bonchev–Trinajstić information content (AvgIpc) is 2.71. The van der Waals surface area contributed by atoms with E-state index in [1.54, 1.807) is 36.4 Å². The largest absolute Gasteiger partial charge is 0.340 e. The van der Waals surface area contributed by atoms with E-state index in [1.165, 1.54) is 0 Å². The predicted octanol–water partition coefficient (Wildman–Crippen LogP) is 5.93. The fourth-order valence-electron chi connectivity index (χ4n) is 2.66. The number of aromatic nitrogens is 2. The van der Waals surface area contributed by atoms with E-state index in [9.17, 15) is 4.79 Å². The summed E-state index contributed by atoms with van der Waals surface area (Å²) in [5, 5.41) is 8.05. The smallest absolute Gasteiger partial charge is 0.293 e. The van der Waals surface area contributed by atoms with Gasteiger partial charge in [0.2, 0.25) is 5.82 Å². The molecule has 1 aromatic heterocycles. The van der Waals surface area contributed by atoms with Gasteiger partial charge in [0.15, 0.2) is 0 Å². The van der Waals surface area contributed by atoms with Crippen molar-refractivity contribution in [3.8, 4) is 0 Å². The van der Waals surface area contributed by atoms with Crippen molar-refractivity contribution in [3.63, 3.8) is 0 Å². The SMILES string of the molecule is O=C(Nc1ccc(Cl)cc1)c1nc(Nc2ccc(Cl)cc2)c2ccccc2n1. The van der Waals surface area contributed by atoms with E-state index in [4.69, 9.17) is 23.2 Å². The van der Waals surface area contributed by atoms with E-state index in [2.05, 4.69) is 20.6 Å². The van der Waals surface area contributed by atoms with Gasteiger partial charge in [-0.05, 0) is 60.7 Å². The molecule has 5 nitrogen and oxygen atoms in total. The second kappa shape index (κ2) is 7.84. The Morgan fingerprint density at radius 2 is 1.36 bits per heavy atom. The fourth-order valence-corrected chi connectivity index (χ4v) is 2.92. The lowest BCUT2D eigenvalue weighted by Crippen LogP contribution is -2.16. The van der Waals surface area contributed by atoms with Crippen molar-refractivity contribution in [2.75, 3.05) is 10.6 Å². The molecule has 28 heavy (non-hydrogen) atoms. The Hall–Kier alpha value is -3.15. The molecule has 2 N–H and O–H groups in total. The summed E-state index contributed by atoms with van der Waals surface area (Å²) in [7, 11) is 0. The number of hydrogen-bond donors (Lipinski definition) is 2. The van der Waals surface area contributed by atoms with Crippen LogP contribution in [0, 0.1) is 0 Å². The van der Waals surface area contributed by atoms with Crippen LogP contribution in [0.2, 0.25) is 10.0 Å². The molecule has 0 aliphatic rings. The van der Waals surface area contributed by atoms with Crippen molar-refractivity contribution < 1.29 is 4.79 Å². The van der Waals surface area contributed by atoms with Crippen LogP contribution < -0.4 is 10.6 Å². The summed E-state index contributed by atoms with van der Waals surface area (Å²) in [5.74, 6) is 0.187. The minimum absolute atomic E-state index is 0.0603. The number of carbonyl (C=O) groups excluding carboxylic acids is 1. The Morgan fingerprint density at radius 1 is 0.750 bits per heavy atom. The first-order valence-electron chi connectivity index (χ1n) is 8.45. The molecule has 0 unspecified atom stereocenters. The van der Waals surface area contributed by atoms with E-state index in [-0.39, 0.29) is 5.82 Å². The van der Waals surface area contributed by atoms with Gasteiger partial charge in [0.1, 0.15) is 5.82 Å². The summed E-state index contributed by atoms with van der Waals surface area (Å²) in [5.41, 5.74) is 2.07. The molecule has 0 atom stereocenters. The van der Waals surface area contributed by atoms with Gasteiger partial charge in [-0.1, -0.05) is 35.3 Å². The summed E-state index contributed by atoms with van der Waals surface area (Å²) >= 11 is 11.8. The van der Waals surface area contributed by atoms with E-state index >= 15 is 0 Å². The van der Waals surface area contributed by atoms with Crippen molar-refractivity contribution in [1.29, 1.82) is 0 Å². The molecule has 0 radical (unpaired) electrons. The molecule has 0 saturated heterocycles. The van der Waals surface area contributed by atoms with Crippen LogP contribution in [0.5, 0.6) is 0 Å². The number of para-hydroxylation sites is 1. The third kappa shape index (κ3) is 4.06. The monoisotopic (exact) mass is 408 g/mol. The van der Waals surface area contributed by atoms with Crippen LogP contribution in [0.4, 0.5) is 17.2 Å². The third-order valence-electron chi connectivity index (χ3n) is 4.02. The van der Waals surface area contributed by atoms with E-state index in [0.717, 1.165) is 11.1 Å². The zero-order valence-electron chi connectivity index (χ0n) is 14.5. The average molecular weight is 409 g/mol. The molecule has 4 rings (SSSR count). The van der Waals surface area contributed by atoms with Crippen molar-refractivity contribution >= 4 is 57.2 Å². The van der Waals surface area contributed by atoms with E-state index in [0.29, 0.717) is 27.1 Å². The molecule has 0 bridgehead atoms. The highest BCUT2D eigenvalue weighted by Gasteiger charge is 2.14. The lowest BCUT2D eigenvalue weighted by molar-refractivity contribution is 0.101. The summed E-state index contributed by atoms with van der Waals surface area (Å²) in [6.07, 6.45) is 0. The van der Waals surface area contributed by atoms with Crippen LogP contribution in [0.25, 0.3) is 10.9 Å². The minimum atomic E-state index is -0.410. The van der Waals surface area contributed by atoms with Crippen LogP contribution in [-0.2, 0) is 0 Å². The molecule has 4 aromatic rings. The Balaban J connectivity index is 1.69. The lowest BCUT2D eigenvalue weighted by atomic mass is 10.2. The van der Waals surface area contributed by atoms with Crippen molar-refractivity contribution in [1.82, 2.24) is 9.97 Å². The number of rotatable bonds is 4. The summed E-state index contributed by atoms with van der Waals surface area (Å²) < 4.78 is 0. The summed E-state index contributed by atoms with van der Waals surface area (Å²) in [6, 6.07) is 21.6. The number of hydrogen-bond acceptors (Lipinski definition) is 4. The molecular weight excluding hydrogens is 395 g/mol. The lowest BCUT2D eigenvalue weighted by Gasteiger charge is -2.11. The normalized spacial score (nSPS) is 10.6. The topological polar surface area (TPSA) is 66.9 Å². The van der Waals surface area contributed by atoms with Crippen molar-refractivity contribution in [3.05, 3.63) is 88.7 Å². The van der Waals surface area contributed by atoms with E-state index in [1.807, 2.05) is 36.4 Å². The predicted molar refractivity (Wildman–Crippen MR) is 114 cm³/mol. The summed E-state index contributed by atoms with van der Waals surface area (Å²) in [4.78, 5) is 21.5. The highest BCUT2D eigenvalue weighted by molar-refractivity contribution is 6.31. The maximum atomic E-state index is 12.7. The number of nitrogens with zero attached hydrogens (tertiary/aromatic N) is 2. The van der Waals surface area contributed by atoms with Crippen molar-refractivity contribution in [2.24, 2.45) is 0 Å². The standard InChI is InChI=1S/C21H14Cl2N4O/c22-13-5-9-15(10-6-13)24-19-17-3-1-2-4-18(17)26-20(27-19)21(28)25-16-11-7-14(23)8-12-16/h1-12H,(H,25,28)(H,24,26,27). The van der Waals surface area contributed by atoms with Crippen LogP contribution in [-0.4, -0.2) is 15.9 Å². The number of fused-ring (bicyclic) bond motifs is 1. The zero-order chi connectivity index (χ0) is 19.5. The van der Waals surface area contributed by atoms with Gasteiger partial charge < -0.3 is 10.6 Å². The van der Waals surface area contributed by atoms with Gasteiger partial charge in [-0.2, -0.15) is 0 Å². The number of nitrogens with one attached hydrogen (secondary N) is 2. The van der Waals surface area contributed by atoms with Crippen molar-refractivity contribution in [2.45, 2.75) is 0 Å². The van der Waals surface area contributed by atoms with Gasteiger partial charge >= 0.3 is 0 Å². The first-order valence-corrected chi connectivity index (χ1v) is 9.20. The minimum Gasteiger partial charge on any atom is -0.340 e. The Labute approximate surface area is 171 Å². The number of anilines is 3. The Bertz CT molecular complexity index is 1150. The molecular formula is C21H14Cl2N4O. The first-order chi connectivity index (χ1) is 13.6. The fraction of sp³-hybridized carbons (Fsp3) is 0. The molecule has 7 heteroatoms. The van der Waals surface area contributed by atoms with Gasteiger partial charge in [0, 0.05) is 26.8 Å². The van der Waals surface area contributed by atoms with Gasteiger partial charge in [-0.3, -0.25) is 4.79 Å². The molecule has 0 aliphatic heterocycles. The van der Waals surface area contributed by atoms with Crippen LogP contribution >= 0.6 is 23.2 Å². The highest BCUT2D eigenvalue weighted by Crippen LogP contribution is 2.25. The molecule has 1 amide bonds. The molecule has 0 saturated carbocycles. The van der Waals surface area contributed by atoms with Gasteiger partial charge in [-0.25, -0.2) is 9.97 Å². The van der Waals surface area contributed by atoms with Gasteiger partial charge in [0.05, 0.1) is 5.52 Å². The zero-order valence-corrected chi connectivity index (χ0v) is 16.0. The number of benzene rings is 3. The Morgan fingerprint density at radius 3 is 2.04 bits per heavy atom. The molecule has 138 valence electrons. The maximum absolute atomic E-state index is 12.7. The molecule has 3 aromatic carbocycles.